The minimum Gasteiger partial charge on any atom is -0.497 e. The molecule has 6 heteroatoms. The van der Waals surface area contributed by atoms with Gasteiger partial charge in [-0.2, -0.15) is 5.26 Å². The number of nitriles is 1. The minimum absolute atomic E-state index is 0.260. The van der Waals surface area contributed by atoms with Crippen LogP contribution in [0, 0.1) is 11.3 Å². The molecule has 0 aliphatic heterocycles. The van der Waals surface area contributed by atoms with E-state index in [1.807, 2.05) is 91.8 Å². The van der Waals surface area contributed by atoms with E-state index >= 15 is 0 Å². The summed E-state index contributed by atoms with van der Waals surface area (Å²) in [7, 11) is 7.23. The van der Waals surface area contributed by atoms with Gasteiger partial charge in [0.2, 0.25) is 5.88 Å². The number of methoxy groups -OCH3 is 2. The zero-order chi connectivity index (χ0) is 24.1. The van der Waals surface area contributed by atoms with E-state index < -0.39 is 0 Å². The van der Waals surface area contributed by atoms with Crippen LogP contribution in [0.15, 0.2) is 82.2 Å². The van der Waals surface area contributed by atoms with E-state index in [0.29, 0.717) is 16.9 Å². The topological polar surface area (TPSA) is 71.0 Å². The number of hydrogen-bond acceptors (Lipinski definition) is 6. The molecule has 0 N–H and O–H groups in total. The van der Waals surface area contributed by atoms with Crippen molar-refractivity contribution in [3.63, 3.8) is 0 Å². The normalized spacial score (nSPS) is 10.8. The van der Waals surface area contributed by atoms with Crippen molar-refractivity contribution >= 4 is 17.8 Å². The second kappa shape index (κ2) is 9.97. The lowest BCUT2D eigenvalue weighted by Gasteiger charge is -2.11. The zero-order valence-corrected chi connectivity index (χ0v) is 19.6. The maximum atomic E-state index is 10.1. The van der Waals surface area contributed by atoms with Gasteiger partial charge in [0.15, 0.2) is 0 Å². The van der Waals surface area contributed by atoms with Gasteiger partial charge in [-0.3, -0.25) is 0 Å². The summed E-state index contributed by atoms with van der Waals surface area (Å²) < 4.78 is 16.8. The highest BCUT2D eigenvalue weighted by atomic mass is 16.5. The van der Waals surface area contributed by atoms with Crippen LogP contribution in [-0.4, -0.2) is 34.5 Å². The first-order chi connectivity index (χ1) is 16.5. The summed E-state index contributed by atoms with van der Waals surface area (Å²) in [5.41, 5.74) is 4.71. The van der Waals surface area contributed by atoms with Gasteiger partial charge in [0, 0.05) is 37.1 Å². The Morgan fingerprint density at radius 3 is 1.88 bits per heavy atom. The Labute approximate surface area is 199 Å². The summed E-state index contributed by atoms with van der Waals surface area (Å²) in [6, 6.07) is 25.3. The van der Waals surface area contributed by atoms with E-state index in [1.54, 1.807) is 20.4 Å². The van der Waals surface area contributed by atoms with Gasteiger partial charge in [-0.25, -0.2) is 4.99 Å². The molecule has 0 spiro atoms. The summed E-state index contributed by atoms with van der Waals surface area (Å²) in [6.07, 6.45) is 1.70. The van der Waals surface area contributed by atoms with Crippen LogP contribution in [-0.2, 0) is 0 Å². The summed E-state index contributed by atoms with van der Waals surface area (Å²) >= 11 is 0. The van der Waals surface area contributed by atoms with Crippen molar-refractivity contribution in [1.29, 1.82) is 5.26 Å². The Hall–Kier alpha value is -4.50. The lowest BCUT2D eigenvalue weighted by atomic mass is 9.98. The lowest BCUT2D eigenvalue weighted by molar-refractivity contribution is 0.414. The van der Waals surface area contributed by atoms with Gasteiger partial charge >= 0.3 is 0 Å². The van der Waals surface area contributed by atoms with Crippen LogP contribution in [0.4, 0.5) is 11.6 Å². The first kappa shape index (κ1) is 22.7. The average molecular weight is 452 g/mol. The fourth-order valence-electron chi connectivity index (χ4n) is 3.58. The van der Waals surface area contributed by atoms with E-state index in [2.05, 4.69) is 11.1 Å². The molecule has 0 radical (unpaired) electrons. The SMILES string of the molecule is COc1ccc(-c2oc(/N=C/c3ccc(N(C)C)cc3)c(C#N)c2-c2ccc(OC)cc2)cc1. The Kier molecular flexibility index (Phi) is 6.65. The number of furan rings is 1. The Morgan fingerprint density at radius 1 is 0.824 bits per heavy atom. The highest BCUT2D eigenvalue weighted by molar-refractivity contribution is 5.90. The van der Waals surface area contributed by atoms with Gasteiger partial charge in [-0.1, -0.05) is 24.3 Å². The van der Waals surface area contributed by atoms with Crippen LogP contribution in [0.3, 0.4) is 0 Å². The molecule has 1 aromatic heterocycles. The predicted octanol–water partition coefficient (Wildman–Crippen LogP) is 6.32. The Morgan fingerprint density at radius 2 is 1.38 bits per heavy atom. The second-order valence-electron chi connectivity index (χ2n) is 7.80. The number of nitrogens with zero attached hydrogens (tertiary/aromatic N) is 3. The fraction of sp³-hybridized carbons (Fsp3) is 0.143. The third-order valence-electron chi connectivity index (χ3n) is 5.47. The number of ether oxygens (including phenoxy) is 2. The molecule has 0 atom stereocenters. The second-order valence-corrected chi connectivity index (χ2v) is 7.80. The standard InChI is InChI=1S/C28H25N3O3/c1-31(2)22-11-5-19(6-12-22)18-30-28-25(17-29)26(20-7-13-23(32-3)14-8-20)27(34-28)21-9-15-24(33-4)16-10-21/h5-16,18H,1-4H3/b30-18+. The fourth-order valence-corrected chi connectivity index (χ4v) is 3.58. The van der Waals surface area contributed by atoms with Crippen LogP contribution in [0.5, 0.6) is 11.5 Å². The van der Waals surface area contributed by atoms with E-state index in [4.69, 9.17) is 13.9 Å². The van der Waals surface area contributed by atoms with E-state index in [9.17, 15) is 5.26 Å². The molecule has 0 saturated carbocycles. The van der Waals surface area contributed by atoms with Crippen LogP contribution in [0.1, 0.15) is 11.1 Å². The molecular weight excluding hydrogens is 426 g/mol. The molecule has 0 aliphatic rings. The van der Waals surface area contributed by atoms with Crippen molar-refractivity contribution in [2.75, 3.05) is 33.2 Å². The Balaban J connectivity index is 1.81. The predicted molar refractivity (Wildman–Crippen MR) is 135 cm³/mol. The highest BCUT2D eigenvalue weighted by Crippen LogP contribution is 2.43. The molecule has 4 rings (SSSR count). The highest BCUT2D eigenvalue weighted by Gasteiger charge is 2.23. The molecule has 3 aromatic carbocycles. The monoisotopic (exact) mass is 451 g/mol. The number of hydrogen-bond donors (Lipinski definition) is 0. The maximum absolute atomic E-state index is 10.1. The van der Waals surface area contributed by atoms with Gasteiger partial charge in [0.1, 0.15) is 28.9 Å². The molecule has 0 bridgehead atoms. The number of aliphatic imine (C=N–C) groups is 1. The Bertz CT molecular complexity index is 1330. The van der Waals surface area contributed by atoms with Crippen LogP contribution < -0.4 is 14.4 Å². The molecule has 170 valence electrons. The molecule has 0 aliphatic carbocycles. The quantitative estimate of drug-likeness (QED) is 0.308. The van der Waals surface area contributed by atoms with Gasteiger partial charge in [0.05, 0.1) is 14.2 Å². The third-order valence-corrected chi connectivity index (χ3v) is 5.47. The lowest BCUT2D eigenvalue weighted by Crippen LogP contribution is -2.08. The van der Waals surface area contributed by atoms with Crippen LogP contribution in [0.25, 0.3) is 22.5 Å². The largest absolute Gasteiger partial charge is 0.497 e. The first-order valence-electron chi connectivity index (χ1n) is 10.7. The van der Waals surface area contributed by atoms with Crippen molar-refractivity contribution < 1.29 is 13.9 Å². The molecule has 0 unspecified atom stereocenters. The summed E-state index contributed by atoms with van der Waals surface area (Å²) in [5, 5.41) is 10.1. The molecule has 0 amide bonds. The molecule has 34 heavy (non-hydrogen) atoms. The number of rotatable bonds is 7. The average Bonchev–Trinajstić information content (AvgIpc) is 3.26. The third kappa shape index (κ3) is 4.64. The smallest absolute Gasteiger partial charge is 0.238 e. The molecule has 0 fully saturated rings. The first-order valence-corrected chi connectivity index (χ1v) is 10.7. The van der Waals surface area contributed by atoms with Crippen molar-refractivity contribution in [3.8, 4) is 40.0 Å². The van der Waals surface area contributed by atoms with Crippen LogP contribution in [0.2, 0.25) is 0 Å². The molecular formula is C28H25N3O3. The number of benzene rings is 3. The van der Waals surface area contributed by atoms with Crippen LogP contribution >= 0.6 is 0 Å². The molecule has 1 heterocycles. The summed E-state index contributed by atoms with van der Waals surface area (Å²) in [4.78, 5) is 6.58. The van der Waals surface area contributed by atoms with Crippen molar-refractivity contribution in [1.82, 2.24) is 0 Å². The molecule has 6 nitrogen and oxygen atoms in total. The summed E-state index contributed by atoms with van der Waals surface area (Å²) in [5.74, 6) is 2.30. The summed E-state index contributed by atoms with van der Waals surface area (Å²) in [6.45, 7) is 0. The van der Waals surface area contributed by atoms with Gasteiger partial charge in [-0.15, -0.1) is 0 Å². The van der Waals surface area contributed by atoms with Crippen molar-refractivity contribution in [2.45, 2.75) is 0 Å². The maximum Gasteiger partial charge on any atom is 0.238 e. The molecule has 0 saturated heterocycles. The van der Waals surface area contributed by atoms with E-state index in [1.165, 1.54) is 0 Å². The van der Waals surface area contributed by atoms with E-state index in [0.717, 1.165) is 33.9 Å². The van der Waals surface area contributed by atoms with E-state index in [-0.39, 0.29) is 5.88 Å². The number of anilines is 1. The van der Waals surface area contributed by atoms with Gasteiger partial charge < -0.3 is 18.8 Å². The van der Waals surface area contributed by atoms with Gasteiger partial charge in [-0.05, 0) is 59.7 Å². The van der Waals surface area contributed by atoms with Crippen molar-refractivity contribution in [3.05, 3.63) is 83.9 Å². The van der Waals surface area contributed by atoms with Gasteiger partial charge in [0.25, 0.3) is 0 Å². The minimum atomic E-state index is 0.260. The van der Waals surface area contributed by atoms with Crippen molar-refractivity contribution in [2.24, 2.45) is 4.99 Å². The zero-order valence-electron chi connectivity index (χ0n) is 19.6. The molecule has 4 aromatic rings.